The predicted octanol–water partition coefficient (Wildman–Crippen LogP) is 1.78. The van der Waals surface area contributed by atoms with Crippen LogP contribution in [0.5, 0.6) is 0 Å². The zero-order valence-corrected chi connectivity index (χ0v) is 12.1. The molecule has 1 atom stereocenters. The fourth-order valence-corrected chi connectivity index (χ4v) is 3.32. The molecule has 0 saturated carbocycles. The first-order valence-electron chi connectivity index (χ1n) is 6.36. The zero-order chi connectivity index (χ0) is 13.8. The molecule has 1 saturated heterocycles. The Hall–Kier alpha value is -1.43. The number of thioether (sulfide) groups is 1. The molecule has 104 valence electrons. The van der Waals surface area contributed by atoms with E-state index in [9.17, 15) is 4.79 Å². The van der Waals surface area contributed by atoms with E-state index in [1.54, 1.807) is 12.3 Å². The van der Waals surface area contributed by atoms with Crippen molar-refractivity contribution in [3.8, 4) is 0 Å². The van der Waals surface area contributed by atoms with Crippen molar-refractivity contribution in [2.75, 3.05) is 36.6 Å². The Balaban J connectivity index is 2.30. The minimum absolute atomic E-state index is 0.388. The SMILES string of the molecule is CCC1CN(c2ncc(N)cc2C(=O)OC)CCS1. The third-order valence-electron chi connectivity index (χ3n) is 3.19. The summed E-state index contributed by atoms with van der Waals surface area (Å²) in [5.41, 5.74) is 6.63. The number of methoxy groups -OCH3 is 1. The van der Waals surface area contributed by atoms with Gasteiger partial charge in [-0.1, -0.05) is 6.92 Å². The summed E-state index contributed by atoms with van der Waals surface area (Å²) in [6.07, 6.45) is 2.70. The average molecular weight is 281 g/mol. The van der Waals surface area contributed by atoms with Crippen molar-refractivity contribution < 1.29 is 9.53 Å². The first-order chi connectivity index (χ1) is 9.15. The van der Waals surface area contributed by atoms with Crippen LogP contribution < -0.4 is 10.6 Å². The Morgan fingerprint density at radius 1 is 1.68 bits per heavy atom. The number of anilines is 2. The number of pyridine rings is 1. The van der Waals surface area contributed by atoms with Gasteiger partial charge in [0, 0.05) is 24.1 Å². The summed E-state index contributed by atoms with van der Waals surface area (Å²) >= 11 is 1.97. The van der Waals surface area contributed by atoms with Crippen LogP contribution in [0.25, 0.3) is 0 Å². The number of carbonyl (C=O) groups excluding carboxylic acids is 1. The molecule has 1 fully saturated rings. The Morgan fingerprint density at radius 2 is 2.47 bits per heavy atom. The van der Waals surface area contributed by atoms with Crippen LogP contribution in [0.1, 0.15) is 23.7 Å². The Kier molecular flexibility index (Phi) is 4.52. The van der Waals surface area contributed by atoms with Crippen LogP contribution in [0.4, 0.5) is 11.5 Å². The fraction of sp³-hybridized carbons (Fsp3) is 0.538. The molecule has 0 radical (unpaired) electrons. The molecular weight excluding hydrogens is 262 g/mol. The third-order valence-corrected chi connectivity index (χ3v) is 4.56. The highest BCUT2D eigenvalue weighted by molar-refractivity contribution is 8.00. The molecule has 1 unspecified atom stereocenters. The number of nitrogens with zero attached hydrogens (tertiary/aromatic N) is 2. The number of aromatic nitrogens is 1. The van der Waals surface area contributed by atoms with Gasteiger partial charge in [-0.15, -0.1) is 0 Å². The number of rotatable bonds is 3. The maximum Gasteiger partial charge on any atom is 0.341 e. The molecule has 6 heteroatoms. The first kappa shape index (κ1) is 14.0. The summed E-state index contributed by atoms with van der Waals surface area (Å²) in [5, 5.41) is 0.582. The standard InChI is InChI=1S/C13H19N3O2S/c1-3-10-8-16(4-5-19-10)12-11(13(17)18-2)6-9(14)7-15-12/h6-7,10H,3-5,8,14H2,1-2H3. The molecule has 2 N–H and O–H groups in total. The molecule has 0 amide bonds. The third kappa shape index (κ3) is 3.12. The van der Waals surface area contributed by atoms with Gasteiger partial charge < -0.3 is 15.4 Å². The van der Waals surface area contributed by atoms with E-state index in [1.807, 2.05) is 11.8 Å². The second-order valence-corrected chi connectivity index (χ2v) is 5.89. The monoisotopic (exact) mass is 281 g/mol. The van der Waals surface area contributed by atoms with Crippen LogP contribution >= 0.6 is 11.8 Å². The first-order valence-corrected chi connectivity index (χ1v) is 7.41. The van der Waals surface area contributed by atoms with Crippen LogP contribution in [0.15, 0.2) is 12.3 Å². The van der Waals surface area contributed by atoms with E-state index in [2.05, 4.69) is 16.8 Å². The van der Waals surface area contributed by atoms with Crippen LogP contribution in [0.2, 0.25) is 0 Å². The molecule has 19 heavy (non-hydrogen) atoms. The molecule has 0 aromatic carbocycles. The van der Waals surface area contributed by atoms with E-state index in [0.29, 0.717) is 22.3 Å². The minimum atomic E-state index is -0.388. The van der Waals surface area contributed by atoms with Crippen molar-refractivity contribution in [1.82, 2.24) is 4.98 Å². The normalized spacial score (nSPS) is 19.3. The highest BCUT2D eigenvalue weighted by Gasteiger charge is 2.24. The van der Waals surface area contributed by atoms with Gasteiger partial charge in [-0.05, 0) is 12.5 Å². The molecule has 1 aromatic heterocycles. The van der Waals surface area contributed by atoms with E-state index >= 15 is 0 Å². The maximum atomic E-state index is 11.8. The van der Waals surface area contributed by atoms with Crippen molar-refractivity contribution in [2.45, 2.75) is 18.6 Å². The topological polar surface area (TPSA) is 68.5 Å². The Bertz CT molecular complexity index is 467. The Morgan fingerprint density at radius 3 is 3.16 bits per heavy atom. The van der Waals surface area contributed by atoms with Crippen LogP contribution in [-0.2, 0) is 4.74 Å². The highest BCUT2D eigenvalue weighted by Crippen LogP contribution is 2.27. The molecule has 2 rings (SSSR count). The van der Waals surface area contributed by atoms with Crippen molar-refractivity contribution in [3.63, 3.8) is 0 Å². The lowest BCUT2D eigenvalue weighted by atomic mass is 10.2. The van der Waals surface area contributed by atoms with E-state index < -0.39 is 0 Å². The van der Waals surface area contributed by atoms with E-state index in [-0.39, 0.29) is 5.97 Å². The number of nitrogen functional groups attached to an aromatic ring is 1. The zero-order valence-electron chi connectivity index (χ0n) is 11.3. The number of carbonyl (C=O) groups is 1. The van der Waals surface area contributed by atoms with Gasteiger partial charge in [-0.3, -0.25) is 0 Å². The fourth-order valence-electron chi connectivity index (χ4n) is 2.14. The van der Waals surface area contributed by atoms with Crippen molar-refractivity contribution >= 4 is 29.2 Å². The molecule has 1 aromatic rings. The summed E-state index contributed by atoms with van der Waals surface area (Å²) < 4.78 is 4.81. The highest BCUT2D eigenvalue weighted by atomic mass is 32.2. The number of hydrogen-bond donors (Lipinski definition) is 1. The van der Waals surface area contributed by atoms with Gasteiger partial charge in [-0.25, -0.2) is 9.78 Å². The van der Waals surface area contributed by atoms with Crippen molar-refractivity contribution in [2.24, 2.45) is 0 Å². The van der Waals surface area contributed by atoms with Gasteiger partial charge in [0.2, 0.25) is 0 Å². The van der Waals surface area contributed by atoms with Gasteiger partial charge in [0.25, 0.3) is 0 Å². The van der Waals surface area contributed by atoms with Crippen LogP contribution in [0, 0.1) is 0 Å². The van der Waals surface area contributed by atoms with Crippen LogP contribution in [0.3, 0.4) is 0 Å². The summed E-state index contributed by atoms with van der Waals surface area (Å²) in [6.45, 7) is 3.98. The summed E-state index contributed by atoms with van der Waals surface area (Å²) in [6, 6.07) is 1.64. The minimum Gasteiger partial charge on any atom is -0.465 e. The van der Waals surface area contributed by atoms with Crippen molar-refractivity contribution in [3.05, 3.63) is 17.8 Å². The summed E-state index contributed by atoms with van der Waals surface area (Å²) in [4.78, 5) is 18.3. The lowest BCUT2D eigenvalue weighted by molar-refractivity contribution is 0.0601. The lowest BCUT2D eigenvalue weighted by Crippen LogP contribution is -2.39. The second-order valence-electron chi connectivity index (χ2n) is 4.48. The van der Waals surface area contributed by atoms with E-state index in [4.69, 9.17) is 10.5 Å². The van der Waals surface area contributed by atoms with Crippen molar-refractivity contribution in [1.29, 1.82) is 0 Å². The Labute approximate surface area is 117 Å². The van der Waals surface area contributed by atoms with Gasteiger partial charge >= 0.3 is 5.97 Å². The van der Waals surface area contributed by atoms with Gasteiger partial charge in [-0.2, -0.15) is 11.8 Å². The van der Waals surface area contributed by atoms with E-state index in [0.717, 1.165) is 25.3 Å². The molecule has 0 spiro atoms. The van der Waals surface area contributed by atoms with E-state index in [1.165, 1.54) is 7.11 Å². The second kappa shape index (κ2) is 6.14. The predicted molar refractivity (Wildman–Crippen MR) is 78.7 cm³/mol. The molecule has 5 nitrogen and oxygen atoms in total. The number of hydrogen-bond acceptors (Lipinski definition) is 6. The summed E-state index contributed by atoms with van der Waals surface area (Å²) in [5.74, 6) is 1.34. The van der Waals surface area contributed by atoms with Gasteiger partial charge in [0.15, 0.2) is 0 Å². The quantitative estimate of drug-likeness (QED) is 0.852. The van der Waals surface area contributed by atoms with Crippen LogP contribution in [-0.4, -0.2) is 42.2 Å². The molecule has 0 bridgehead atoms. The maximum absolute atomic E-state index is 11.8. The lowest BCUT2D eigenvalue weighted by Gasteiger charge is -2.33. The number of ether oxygens (including phenoxy) is 1. The molecular formula is C13H19N3O2S. The average Bonchev–Trinajstić information content (AvgIpc) is 2.46. The number of nitrogens with two attached hydrogens (primary N) is 1. The molecule has 1 aliphatic rings. The smallest absolute Gasteiger partial charge is 0.341 e. The molecule has 1 aliphatic heterocycles. The largest absolute Gasteiger partial charge is 0.465 e. The van der Waals surface area contributed by atoms with Gasteiger partial charge in [0.05, 0.1) is 19.0 Å². The van der Waals surface area contributed by atoms with Gasteiger partial charge in [0.1, 0.15) is 11.4 Å². The molecule has 0 aliphatic carbocycles. The molecule has 2 heterocycles. The summed E-state index contributed by atoms with van der Waals surface area (Å²) in [7, 11) is 1.37. The number of esters is 1.